The van der Waals surface area contributed by atoms with Crippen LogP contribution in [0.25, 0.3) is 0 Å². The monoisotopic (exact) mass is 854 g/mol. The zero-order chi connectivity index (χ0) is 43.6. The Morgan fingerprint density at radius 3 is 2.55 bits per heavy atom. The van der Waals surface area contributed by atoms with Crippen LogP contribution >= 0.6 is 0 Å². The fraction of sp³-hybridized carbons (Fsp3) is 0.511. The normalized spacial score (nSPS) is 25.7. The van der Waals surface area contributed by atoms with Gasteiger partial charge in [-0.25, -0.2) is 4.79 Å². The number of aryl methyl sites for hydroxylation is 1. The molecule has 332 valence electrons. The van der Waals surface area contributed by atoms with Crippen LogP contribution in [0.5, 0.6) is 17.2 Å². The third kappa shape index (κ3) is 9.96. The zero-order valence-electron chi connectivity index (χ0n) is 35.6. The van der Waals surface area contributed by atoms with Crippen LogP contribution in [0.15, 0.2) is 90.1 Å². The number of amides is 1. The number of aliphatic hydroxyl groups excluding tert-OH is 2. The minimum Gasteiger partial charge on any atom is -0.487 e. The molecule has 2 aromatic carbocycles. The third-order valence-corrected chi connectivity index (χ3v) is 12.4. The number of unbranched alkanes of at least 4 members (excludes halogenated alkanes) is 2. The summed E-state index contributed by atoms with van der Waals surface area (Å²) < 4.78 is 32.4. The average Bonchev–Trinajstić information content (AvgIpc) is 3.28. The molecule has 7 atom stereocenters. The van der Waals surface area contributed by atoms with Gasteiger partial charge in [-0.1, -0.05) is 36.2 Å². The molecule has 0 bridgehead atoms. The van der Waals surface area contributed by atoms with Gasteiger partial charge in [0.15, 0.2) is 0 Å². The molecule has 0 radical (unpaired) electrons. The van der Waals surface area contributed by atoms with Gasteiger partial charge in [0.2, 0.25) is 12.1 Å². The van der Waals surface area contributed by atoms with Crippen LogP contribution < -0.4 is 14.2 Å². The fourth-order valence-electron chi connectivity index (χ4n) is 9.51. The van der Waals surface area contributed by atoms with Gasteiger partial charge < -0.3 is 43.6 Å². The Morgan fingerprint density at radius 2 is 1.84 bits per heavy atom. The summed E-state index contributed by atoms with van der Waals surface area (Å²) in [5, 5.41) is 36.0. The first-order valence-corrected chi connectivity index (χ1v) is 21.8. The smallest absolute Gasteiger partial charge is 0.415 e. The predicted octanol–water partition coefficient (Wildman–Crippen LogP) is 8.17. The van der Waals surface area contributed by atoms with Gasteiger partial charge in [0.05, 0.1) is 35.5 Å². The Balaban J connectivity index is 1.37. The lowest BCUT2D eigenvalue weighted by atomic mass is 9.55. The van der Waals surface area contributed by atoms with Crippen LogP contribution in [-0.2, 0) is 20.9 Å². The number of nitro benzene ring substituents is 1. The minimum absolute atomic E-state index is 0.0111. The van der Waals surface area contributed by atoms with E-state index < -0.39 is 35.1 Å². The maximum absolute atomic E-state index is 14.3. The topological polar surface area (TPSA) is 185 Å². The molecule has 2 aliphatic carbocycles. The quantitative estimate of drug-likeness (QED) is 0.0511. The number of nitro groups is 1. The molecule has 3 heterocycles. The summed E-state index contributed by atoms with van der Waals surface area (Å²) in [6.07, 6.45) is 9.82. The van der Waals surface area contributed by atoms with E-state index in [0.717, 1.165) is 61.0 Å². The van der Waals surface area contributed by atoms with Gasteiger partial charge in [-0.05, 0) is 105 Å². The summed E-state index contributed by atoms with van der Waals surface area (Å²) >= 11 is 0. The number of carbonyl (C=O) groups is 1. The van der Waals surface area contributed by atoms with Crippen molar-refractivity contribution in [3.8, 4) is 17.2 Å². The highest BCUT2D eigenvalue weighted by molar-refractivity contribution is 6.03. The van der Waals surface area contributed by atoms with E-state index in [9.17, 15) is 25.1 Å². The molecular formula is C47H58N4O11. The third-order valence-electron chi connectivity index (χ3n) is 12.4. The van der Waals surface area contributed by atoms with Crippen LogP contribution in [0.2, 0.25) is 0 Å². The van der Waals surface area contributed by atoms with Gasteiger partial charge >= 0.3 is 6.09 Å². The Kier molecular flexibility index (Phi) is 14.9. The van der Waals surface area contributed by atoms with Gasteiger partial charge in [0.25, 0.3) is 5.69 Å². The molecule has 4 aliphatic rings. The van der Waals surface area contributed by atoms with Crippen LogP contribution in [-0.4, -0.2) is 88.4 Å². The SMILES string of the molecule is C=CCOC12Oc3ccc(OCc4cccc(C)n4)cc3C3C(CCCCO)C(CCCCO)C=C(C(=NOC4CCCCO4)CC1N(C)C(=O)Oc1ccc([N+](=O)[O-])cc1)C32. The number of aromatic nitrogens is 1. The molecule has 15 nitrogen and oxygen atoms in total. The first kappa shape index (κ1) is 44.7. The maximum atomic E-state index is 14.3. The molecule has 15 heteroatoms. The van der Waals surface area contributed by atoms with E-state index in [1.54, 1.807) is 13.1 Å². The number of allylic oxidation sites excluding steroid dienone is 1. The van der Waals surface area contributed by atoms with E-state index in [1.165, 1.54) is 29.2 Å². The number of nitrogens with zero attached hydrogens (tertiary/aromatic N) is 4. The van der Waals surface area contributed by atoms with E-state index in [0.29, 0.717) is 43.1 Å². The second-order valence-corrected chi connectivity index (χ2v) is 16.5. The van der Waals surface area contributed by atoms with Crippen LogP contribution in [0.4, 0.5) is 10.5 Å². The molecule has 3 aromatic rings. The van der Waals surface area contributed by atoms with Crippen molar-refractivity contribution in [1.82, 2.24) is 9.88 Å². The van der Waals surface area contributed by atoms with Crippen molar-refractivity contribution in [2.24, 2.45) is 22.9 Å². The van der Waals surface area contributed by atoms with Gasteiger partial charge in [-0.3, -0.25) is 15.1 Å². The van der Waals surface area contributed by atoms with Gasteiger partial charge in [-0.2, -0.15) is 0 Å². The second-order valence-electron chi connectivity index (χ2n) is 16.5. The van der Waals surface area contributed by atoms with Crippen molar-refractivity contribution in [2.45, 2.75) is 102 Å². The molecule has 1 saturated carbocycles. The van der Waals surface area contributed by atoms with Crippen molar-refractivity contribution in [3.05, 3.63) is 112 Å². The Labute approximate surface area is 362 Å². The molecule has 7 rings (SSSR count). The maximum Gasteiger partial charge on any atom is 0.415 e. The molecule has 7 unspecified atom stereocenters. The van der Waals surface area contributed by atoms with E-state index in [4.69, 9.17) is 33.7 Å². The predicted molar refractivity (Wildman–Crippen MR) is 230 cm³/mol. The van der Waals surface area contributed by atoms with Crippen molar-refractivity contribution in [2.75, 3.05) is 33.5 Å². The second kappa shape index (κ2) is 20.7. The number of hydrogen-bond acceptors (Lipinski definition) is 13. The lowest BCUT2D eigenvalue weighted by molar-refractivity contribution is -0.384. The van der Waals surface area contributed by atoms with Crippen molar-refractivity contribution >= 4 is 17.5 Å². The standard InChI is InChI=1S/C47H58N4O11/c1-4-25-59-47-42(50(3)46(54)60-35-19-17-34(18-20-35)51(55)56)29-40(49-62-43-16-7-10-26-57-43)38-27-32(13-5-8-23-52)37(15-6-9-24-53)44(45(38)47)39-28-36(21-22-41(39)61-47)58-30-33-14-11-12-31(2)48-33/h4,11-12,14,17-22,27-28,32,37,42-45,52-53H,1,5-10,13,15-16,23-26,29-30H2,2-3H3. The lowest BCUT2D eigenvalue weighted by Crippen LogP contribution is -2.69. The summed E-state index contributed by atoms with van der Waals surface area (Å²) in [6, 6.07) is 16.1. The number of likely N-dealkylation sites (N-methyl/N-ethyl adjacent to an activating group) is 1. The first-order chi connectivity index (χ1) is 30.1. The molecule has 62 heavy (non-hydrogen) atoms. The molecule has 2 aliphatic heterocycles. The summed E-state index contributed by atoms with van der Waals surface area (Å²) in [7, 11) is 1.62. The van der Waals surface area contributed by atoms with Crippen molar-refractivity contribution in [1.29, 1.82) is 0 Å². The number of benzene rings is 2. The highest BCUT2D eigenvalue weighted by Crippen LogP contribution is 2.62. The molecule has 0 spiro atoms. The van der Waals surface area contributed by atoms with Crippen LogP contribution in [0.3, 0.4) is 0 Å². The number of aliphatic hydroxyl groups is 2. The number of carbonyl (C=O) groups excluding carboxylic acids is 1. The van der Waals surface area contributed by atoms with Crippen molar-refractivity contribution < 1.29 is 48.5 Å². The number of fused-ring (bicyclic) bond motifs is 2. The van der Waals surface area contributed by atoms with E-state index in [2.05, 4.69) is 17.6 Å². The average molecular weight is 855 g/mol. The lowest BCUT2D eigenvalue weighted by Gasteiger charge is -2.59. The highest BCUT2D eigenvalue weighted by Gasteiger charge is 2.65. The molecule has 2 N–H and O–H groups in total. The van der Waals surface area contributed by atoms with Gasteiger partial charge in [0, 0.05) is 62.4 Å². The molecule has 1 aromatic heterocycles. The van der Waals surface area contributed by atoms with E-state index in [-0.39, 0.29) is 62.0 Å². The largest absolute Gasteiger partial charge is 0.487 e. The molecule has 1 saturated heterocycles. The number of oxime groups is 1. The number of pyridine rings is 1. The summed E-state index contributed by atoms with van der Waals surface area (Å²) in [5.74, 6) is -0.908. The van der Waals surface area contributed by atoms with Crippen LogP contribution in [0, 0.1) is 34.8 Å². The van der Waals surface area contributed by atoms with E-state index >= 15 is 0 Å². The number of ether oxygens (including phenoxy) is 5. The fourth-order valence-corrected chi connectivity index (χ4v) is 9.51. The van der Waals surface area contributed by atoms with E-state index in [1.807, 2.05) is 43.3 Å². The number of hydrogen-bond donors (Lipinski definition) is 2. The zero-order valence-corrected chi connectivity index (χ0v) is 35.6. The van der Waals surface area contributed by atoms with Gasteiger partial charge in [0.1, 0.15) is 29.9 Å². The molecular weight excluding hydrogens is 797 g/mol. The Bertz CT molecular complexity index is 2090. The molecule has 1 amide bonds. The van der Waals surface area contributed by atoms with Gasteiger partial charge in [-0.15, -0.1) is 6.58 Å². The number of rotatable bonds is 19. The highest BCUT2D eigenvalue weighted by atomic mass is 16.8. The number of non-ortho nitro benzene ring substituents is 1. The summed E-state index contributed by atoms with van der Waals surface area (Å²) in [5.41, 5.74) is 3.98. The Morgan fingerprint density at radius 1 is 1.06 bits per heavy atom. The van der Waals surface area contributed by atoms with Crippen molar-refractivity contribution in [3.63, 3.8) is 0 Å². The minimum atomic E-state index is -1.50. The van der Waals surface area contributed by atoms with Crippen LogP contribution in [0.1, 0.15) is 87.1 Å². The summed E-state index contributed by atoms with van der Waals surface area (Å²) in [4.78, 5) is 37.4. The molecule has 2 fully saturated rings. The Hall–Kier alpha value is -5.35. The summed E-state index contributed by atoms with van der Waals surface area (Å²) in [6.45, 7) is 6.99. The first-order valence-electron chi connectivity index (χ1n) is 21.8.